The van der Waals surface area contributed by atoms with Crippen molar-refractivity contribution in [3.8, 4) is 0 Å². The molecule has 1 aromatic carbocycles. The van der Waals surface area contributed by atoms with Gasteiger partial charge in [-0.3, -0.25) is 10.1 Å². The van der Waals surface area contributed by atoms with Crippen LogP contribution in [0, 0.1) is 27.8 Å². The number of aliphatic hydroxyl groups excluding tert-OH is 1. The highest BCUT2D eigenvalue weighted by Gasteiger charge is 2.26. The van der Waals surface area contributed by atoms with Gasteiger partial charge in [0.05, 0.1) is 16.7 Å². The number of anilines is 1. The Morgan fingerprint density at radius 2 is 2.16 bits per heavy atom. The van der Waals surface area contributed by atoms with Gasteiger partial charge in [0.25, 0.3) is 5.69 Å². The highest BCUT2D eigenvalue weighted by Crippen LogP contribution is 2.31. The van der Waals surface area contributed by atoms with E-state index in [0.717, 1.165) is 25.3 Å². The molecule has 1 aromatic rings. The van der Waals surface area contributed by atoms with E-state index in [1.54, 1.807) is 0 Å². The molecule has 0 spiro atoms. The molecule has 0 heterocycles. The summed E-state index contributed by atoms with van der Waals surface area (Å²) in [6.45, 7) is 0.745. The first-order valence-corrected chi connectivity index (χ1v) is 6.40. The van der Waals surface area contributed by atoms with Crippen LogP contribution < -0.4 is 5.32 Å². The number of benzene rings is 1. The number of aliphatic hydroxyl groups is 1. The van der Waals surface area contributed by atoms with Gasteiger partial charge in [-0.05, 0) is 30.7 Å². The molecule has 0 bridgehead atoms. The van der Waals surface area contributed by atoms with E-state index in [2.05, 4.69) is 5.32 Å². The van der Waals surface area contributed by atoms with Crippen molar-refractivity contribution in [3.05, 3.63) is 34.1 Å². The minimum absolute atomic E-state index is 0.162. The van der Waals surface area contributed by atoms with E-state index >= 15 is 0 Å². The Kier molecular flexibility index (Phi) is 4.31. The molecule has 0 aromatic heterocycles. The summed E-state index contributed by atoms with van der Waals surface area (Å²) in [4.78, 5) is 9.88. The minimum Gasteiger partial charge on any atom is -0.396 e. The quantitative estimate of drug-likeness (QED) is 0.635. The second-order valence-electron chi connectivity index (χ2n) is 4.94. The zero-order valence-corrected chi connectivity index (χ0v) is 10.5. The van der Waals surface area contributed by atoms with Crippen LogP contribution in [0.2, 0.25) is 0 Å². The van der Waals surface area contributed by atoms with E-state index in [1.165, 1.54) is 12.1 Å². The Labute approximate surface area is 110 Å². The van der Waals surface area contributed by atoms with E-state index in [0.29, 0.717) is 12.5 Å². The Morgan fingerprint density at radius 3 is 2.79 bits per heavy atom. The van der Waals surface area contributed by atoms with Crippen LogP contribution in [0.15, 0.2) is 18.2 Å². The zero-order valence-electron chi connectivity index (χ0n) is 10.5. The van der Waals surface area contributed by atoms with Crippen molar-refractivity contribution in [3.63, 3.8) is 0 Å². The lowest BCUT2D eigenvalue weighted by Crippen LogP contribution is -2.21. The molecule has 0 amide bonds. The van der Waals surface area contributed by atoms with Gasteiger partial charge in [0.1, 0.15) is 0 Å². The monoisotopic (exact) mass is 268 g/mol. The van der Waals surface area contributed by atoms with Gasteiger partial charge in [0.2, 0.25) is 0 Å². The summed E-state index contributed by atoms with van der Waals surface area (Å²) in [5, 5.41) is 22.7. The summed E-state index contributed by atoms with van der Waals surface area (Å²) in [5.41, 5.74) is 0.0198. The number of nitrogens with zero attached hydrogens (tertiary/aromatic N) is 1. The Hall–Kier alpha value is -1.69. The van der Waals surface area contributed by atoms with Crippen LogP contribution in [0.1, 0.15) is 19.3 Å². The number of hydrogen-bond donors (Lipinski definition) is 2. The first kappa shape index (κ1) is 13.7. The molecule has 0 radical (unpaired) electrons. The molecule has 0 saturated heterocycles. The van der Waals surface area contributed by atoms with Gasteiger partial charge in [-0.25, -0.2) is 4.39 Å². The van der Waals surface area contributed by atoms with Crippen LogP contribution in [0.25, 0.3) is 0 Å². The summed E-state index contributed by atoms with van der Waals surface area (Å²) in [6.07, 6.45) is 3.11. The van der Waals surface area contributed by atoms with Crippen LogP contribution in [-0.4, -0.2) is 23.2 Å². The van der Waals surface area contributed by atoms with E-state index in [4.69, 9.17) is 0 Å². The summed E-state index contributed by atoms with van der Waals surface area (Å²) in [7, 11) is 0. The molecular formula is C13H17FN2O3. The maximum atomic E-state index is 13.6. The largest absolute Gasteiger partial charge is 0.396 e. The number of non-ortho nitro benzene ring substituents is 1. The van der Waals surface area contributed by atoms with Gasteiger partial charge in [-0.15, -0.1) is 0 Å². The van der Waals surface area contributed by atoms with Gasteiger partial charge >= 0.3 is 0 Å². The van der Waals surface area contributed by atoms with Crippen molar-refractivity contribution >= 4 is 11.4 Å². The van der Waals surface area contributed by atoms with Crippen LogP contribution >= 0.6 is 0 Å². The standard InChI is InChI=1S/C13H17FN2O3/c14-12-6-11(16(18)19)4-5-13(12)15-7-9-2-1-3-10(9)8-17/h4-6,9-10,15,17H,1-3,7-8H2. The second kappa shape index (κ2) is 5.97. The lowest BCUT2D eigenvalue weighted by atomic mass is 9.97. The van der Waals surface area contributed by atoms with E-state index in [1.807, 2.05) is 0 Å². The molecule has 1 saturated carbocycles. The maximum Gasteiger partial charge on any atom is 0.272 e. The molecule has 2 N–H and O–H groups in total. The molecular weight excluding hydrogens is 251 g/mol. The summed E-state index contributed by atoms with van der Waals surface area (Å²) in [5.74, 6) is -0.0130. The molecule has 104 valence electrons. The summed E-state index contributed by atoms with van der Waals surface area (Å²) >= 11 is 0. The van der Waals surface area contributed by atoms with Crippen molar-refractivity contribution in [2.75, 3.05) is 18.5 Å². The molecule has 1 aliphatic rings. The molecule has 5 nitrogen and oxygen atoms in total. The lowest BCUT2D eigenvalue weighted by Gasteiger charge is -2.18. The van der Waals surface area contributed by atoms with Gasteiger partial charge < -0.3 is 10.4 Å². The number of nitro groups is 1. The predicted octanol–water partition coefficient (Wildman–Crippen LogP) is 2.55. The lowest BCUT2D eigenvalue weighted by molar-refractivity contribution is -0.385. The third-order valence-electron chi connectivity index (χ3n) is 3.77. The first-order valence-electron chi connectivity index (χ1n) is 6.40. The van der Waals surface area contributed by atoms with Crippen LogP contribution in [0.5, 0.6) is 0 Å². The fourth-order valence-corrected chi connectivity index (χ4v) is 2.62. The van der Waals surface area contributed by atoms with Crippen LogP contribution in [-0.2, 0) is 0 Å². The normalized spacial score (nSPS) is 22.4. The van der Waals surface area contributed by atoms with E-state index < -0.39 is 10.7 Å². The molecule has 1 aliphatic carbocycles. The van der Waals surface area contributed by atoms with Crippen molar-refractivity contribution < 1.29 is 14.4 Å². The highest BCUT2D eigenvalue weighted by molar-refractivity contribution is 5.50. The molecule has 2 atom stereocenters. The SMILES string of the molecule is O=[N+]([O-])c1ccc(NCC2CCCC2CO)c(F)c1. The van der Waals surface area contributed by atoms with Gasteiger partial charge in [0.15, 0.2) is 5.82 Å². The average molecular weight is 268 g/mol. The number of rotatable bonds is 5. The fraction of sp³-hybridized carbons (Fsp3) is 0.538. The third-order valence-corrected chi connectivity index (χ3v) is 3.77. The molecule has 2 unspecified atom stereocenters. The molecule has 6 heteroatoms. The van der Waals surface area contributed by atoms with Crippen molar-refractivity contribution in [1.29, 1.82) is 0 Å². The Morgan fingerprint density at radius 1 is 1.42 bits per heavy atom. The molecule has 1 fully saturated rings. The summed E-state index contributed by atoms with van der Waals surface area (Å²) < 4.78 is 13.6. The number of hydrogen-bond acceptors (Lipinski definition) is 4. The average Bonchev–Trinajstić information content (AvgIpc) is 2.84. The number of nitrogens with one attached hydrogen (secondary N) is 1. The number of nitro benzene ring substituents is 1. The second-order valence-corrected chi connectivity index (χ2v) is 4.94. The third kappa shape index (κ3) is 3.20. The topological polar surface area (TPSA) is 75.4 Å². The van der Waals surface area contributed by atoms with Crippen molar-refractivity contribution in [1.82, 2.24) is 0 Å². The van der Waals surface area contributed by atoms with Crippen molar-refractivity contribution in [2.45, 2.75) is 19.3 Å². The predicted molar refractivity (Wildman–Crippen MR) is 69.5 cm³/mol. The minimum atomic E-state index is -0.619. The van der Waals surface area contributed by atoms with E-state index in [9.17, 15) is 19.6 Å². The van der Waals surface area contributed by atoms with Gasteiger partial charge in [-0.2, -0.15) is 0 Å². The fourth-order valence-electron chi connectivity index (χ4n) is 2.62. The Bertz CT molecular complexity index is 467. The molecule has 19 heavy (non-hydrogen) atoms. The summed E-state index contributed by atoms with van der Waals surface area (Å²) in [6, 6.07) is 3.58. The van der Waals surface area contributed by atoms with Crippen LogP contribution in [0.3, 0.4) is 0 Å². The van der Waals surface area contributed by atoms with Gasteiger partial charge in [0, 0.05) is 19.2 Å². The smallest absolute Gasteiger partial charge is 0.272 e. The zero-order chi connectivity index (χ0) is 13.8. The van der Waals surface area contributed by atoms with Crippen LogP contribution in [0.4, 0.5) is 15.8 Å². The molecule has 2 rings (SSSR count). The van der Waals surface area contributed by atoms with E-state index in [-0.39, 0.29) is 23.9 Å². The van der Waals surface area contributed by atoms with Gasteiger partial charge in [-0.1, -0.05) is 6.42 Å². The highest BCUT2D eigenvalue weighted by atomic mass is 19.1. The first-order chi connectivity index (χ1) is 9.11. The van der Waals surface area contributed by atoms with Crippen molar-refractivity contribution in [2.24, 2.45) is 11.8 Å². The maximum absolute atomic E-state index is 13.6. The molecule has 0 aliphatic heterocycles. The Balaban J connectivity index is 1.98. The number of halogens is 1.